The highest BCUT2D eigenvalue weighted by atomic mass is 16.5. The van der Waals surface area contributed by atoms with Gasteiger partial charge in [0.05, 0.1) is 5.92 Å². The van der Waals surface area contributed by atoms with Gasteiger partial charge in [0.25, 0.3) is 5.91 Å². The summed E-state index contributed by atoms with van der Waals surface area (Å²) in [6, 6.07) is 11.0. The van der Waals surface area contributed by atoms with E-state index in [1.165, 1.54) is 0 Å². The quantitative estimate of drug-likeness (QED) is 0.697. The first-order valence-electron chi connectivity index (χ1n) is 7.86. The van der Waals surface area contributed by atoms with Crippen LogP contribution in [0.3, 0.4) is 0 Å². The summed E-state index contributed by atoms with van der Waals surface area (Å²) in [5, 5.41) is 3.90. The van der Waals surface area contributed by atoms with Gasteiger partial charge in [0.2, 0.25) is 17.5 Å². The molecule has 0 saturated carbocycles. The zero-order valence-corrected chi connectivity index (χ0v) is 13.3. The van der Waals surface area contributed by atoms with Gasteiger partial charge in [0.1, 0.15) is 5.75 Å². The molecule has 1 fully saturated rings. The fourth-order valence-electron chi connectivity index (χ4n) is 2.50. The van der Waals surface area contributed by atoms with Gasteiger partial charge >= 0.3 is 0 Å². The monoisotopic (exact) mass is 337 g/mol. The van der Waals surface area contributed by atoms with Gasteiger partial charge in [-0.3, -0.25) is 4.79 Å². The van der Waals surface area contributed by atoms with Crippen molar-refractivity contribution < 1.29 is 14.1 Å². The van der Waals surface area contributed by atoms with Crippen molar-refractivity contribution in [3.63, 3.8) is 0 Å². The topological polar surface area (TPSA) is 94.2 Å². The molecule has 0 atom stereocenters. The van der Waals surface area contributed by atoms with Crippen LogP contribution in [0, 0.1) is 0 Å². The van der Waals surface area contributed by atoms with Crippen LogP contribution < -0.4 is 4.74 Å². The van der Waals surface area contributed by atoms with Crippen LogP contribution in [-0.4, -0.2) is 50.6 Å². The predicted molar refractivity (Wildman–Crippen MR) is 86.6 cm³/mol. The summed E-state index contributed by atoms with van der Waals surface area (Å²) in [5.74, 6) is 1.92. The predicted octanol–water partition coefficient (Wildman–Crippen LogP) is 1.53. The highest BCUT2D eigenvalue weighted by Crippen LogP contribution is 2.27. The average Bonchev–Trinajstić information content (AvgIpc) is 3.10. The second kappa shape index (κ2) is 6.68. The number of para-hydroxylation sites is 1. The maximum absolute atomic E-state index is 12.1. The number of benzene rings is 1. The van der Waals surface area contributed by atoms with Gasteiger partial charge < -0.3 is 14.2 Å². The molecule has 1 aliphatic heterocycles. The minimum atomic E-state index is -0.0637. The Bertz CT molecular complexity index is 847. The Morgan fingerprint density at radius 2 is 1.88 bits per heavy atom. The van der Waals surface area contributed by atoms with E-state index in [4.69, 9.17) is 9.26 Å². The largest absolute Gasteiger partial charge is 0.484 e. The van der Waals surface area contributed by atoms with Crippen molar-refractivity contribution in [3.05, 3.63) is 54.7 Å². The third kappa shape index (κ3) is 3.32. The van der Waals surface area contributed by atoms with E-state index in [9.17, 15) is 4.79 Å². The molecule has 1 amide bonds. The first kappa shape index (κ1) is 15.3. The van der Waals surface area contributed by atoms with Crippen LogP contribution in [0.2, 0.25) is 0 Å². The Balaban J connectivity index is 1.30. The number of aromatic nitrogens is 4. The van der Waals surface area contributed by atoms with Gasteiger partial charge in [-0.25, -0.2) is 9.97 Å². The summed E-state index contributed by atoms with van der Waals surface area (Å²) >= 11 is 0. The molecule has 2 aromatic heterocycles. The zero-order valence-electron chi connectivity index (χ0n) is 13.3. The van der Waals surface area contributed by atoms with Crippen LogP contribution in [0.15, 0.2) is 53.3 Å². The van der Waals surface area contributed by atoms with Crippen molar-refractivity contribution in [2.24, 2.45) is 0 Å². The Hall–Kier alpha value is -3.29. The Kier molecular flexibility index (Phi) is 4.07. The van der Waals surface area contributed by atoms with E-state index in [0.717, 1.165) is 0 Å². The van der Waals surface area contributed by atoms with Crippen molar-refractivity contribution >= 4 is 5.91 Å². The lowest BCUT2D eigenvalue weighted by Crippen LogP contribution is -2.50. The van der Waals surface area contributed by atoms with Gasteiger partial charge in [-0.1, -0.05) is 23.4 Å². The molecular formula is C17H15N5O3. The molecule has 0 N–H and O–H groups in total. The molecule has 0 spiro atoms. The zero-order chi connectivity index (χ0) is 17.1. The standard InChI is InChI=1S/C17H15N5O3/c23-14(11-24-13-5-2-1-3-6-13)22-9-12(10-22)17-20-16(21-25-17)15-18-7-4-8-19-15/h1-8,12H,9-11H2. The molecule has 1 aliphatic rings. The van der Waals surface area contributed by atoms with E-state index in [0.29, 0.717) is 36.4 Å². The van der Waals surface area contributed by atoms with E-state index in [2.05, 4.69) is 20.1 Å². The number of carbonyl (C=O) groups excluding carboxylic acids is 1. The minimum Gasteiger partial charge on any atom is -0.484 e. The van der Waals surface area contributed by atoms with Crippen molar-refractivity contribution in [1.82, 2.24) is 25.0 Å². The van der Waals surface area contributed by atoms with Gasteiger partial charge in [0, 0.05) is 25.5 Å². The number of carbonyl (C=O) groups is 1. The Morgan fingerprint density at radius 3 is 2.64 bits per heavy atom. The summed E-state index contributed by atoms with van der Waals surface area (Å²) in [6.07, 6.45) is 3.24. The molecule has 8 nitrogen and oxygen atoms in total. The van der Waals surface area contributed by atoms with Crippen LogP contribution in [0.1, 0.15) is 11.8 Å². The van der Waals surface area contributed by atoms with E-state index in [-0.39, 0.29) is 18.4 Å². The molecule has 0 unspecified atom stereocenters. The third-order valence-corrected chi connectivity index (χ3v) is 3.90. The molecule has 1 aromatic carbocycles. The maximum atomic E-state index is 12.1. The van der Waals surface area contributed by atoms with Crippen molar-refractivity contribution in [3.8, 4) is 17.4 Å². The lowest BCUT2D eigenvalue weighted by atomic mass is 10.0. The maximum Gasteiger partial charge on any atom is 0.260 e. The number of likely N-dealkylation sites (tertiary alicyclic amines) is 1. The molecule has 0 bridgehead atoms. The smallest absolute Gasteiger partial charge is 0.260 e. The fraction of sp³-hybridized carbons (Fsp3) is 0.235. The molecule has 0 radical (unpaired) electrons. The fourth-order valence-corrected chi connectivity index (χ4v) is 2.50. The molecule has 3 aromatic rings. The number of hydrogen-bond donors (Lipinski definition) is 0. The molecule has 3 heterocycles. The molecule has 126 valence electrons. The van der Waals surface area contributed by atoms with Crippen LogP contribution in [-0.2, 0) is 4.79 Å². The van der Waals surface area contributed by atoms with Crippen molar-refractivity contribution in [2.45, 2.75) is 5.92 Å². The molecule has 4 rings (SSSR count). The second-order valence-electron chi connectivity index (χ2n) is 5.63. The summed E-state index contributed by atoms with van der Waals surface area (Å²) < 4.78 is 10.7. The summed E-state index contributed by atoms with van der Waals surface area (Å²) in [6.45, 7) is 1.09. The minimum absolute atomic E-state index is 0.0175. The van der Waals surface area contributed by atoms with Crippen LogP contribution in [0.25, 0.3) is 11.6 Å². The SMILES string of the molecule is O=C(COc1ccccc1)N1CC(c2nc(-c3ncccn3)no2)C1. The first-order chi connectivity index (χ1) is 12.3. The van der Waals surface area contributed by atoms with Gasteiger partial charge in [0.15, 0.2) is 6.61 Å². The van der Waals surface area contributed by atoms with Crippen molar-refractivity contribution in [1.29, 1.82) is 0 Å². The summed E-state index contributed by atoms with van der Waals surface area (Å²) in [5.41, 5.74) is 0. The van der Waals surface area contributed by atoms with Gasteiger partial charge in [-0.05, 0) is 18.2 Å². The average molecular weight is 337 g/mol. The molecule has 25 heavy (non-hydrogen) atoms. The lowest BCUT2D eigenvalue weighted by Gasteiger charge is -2.36. The van der Waals surface area contributed by atoms with E-state index in [1.54, 1.807) is 23.4 Å². The number of rotatable bonds is 5. The summed E-state index contributed by atoms with van der Waals surface area (Å²) in [7, 11) is 0. The number of nitrogens with zero attached hydrogens (tertiary/aromatic N) is 5. The van der Waals surface area contributed by atoms with E-state index >= 15 is 0 Å². The third-order valence-electron chi connectivity index (χ3n) is 3.90. The van der Waals surface area contributed by atoms with E-state index in [1.807, 2.05) is 30.3 Å². The summed E-state index contributed by atoms with van der Waals surface area (Å²) in [4.78, 5) is 26.3. The Morgan fingerprint density at radius 1 is 1.12 bits per heavy atom. The highest BCUT2D eigenvalue weighted by molar-refractivity contribution is 5.78. The molecule has 1 saturated heterocycles. The van der Waals surface area contributed by atoms with Gasteiger partial charge in [-0.15, -0.1) is 0 Å². The number of amides is 1. The van der Waals surface area contributed by atoms with Crippen molar-refractivity contribution in [2.75, 3.05) is 19.7 Å². The molecular weight excluding hydrogens is 322 g/mol. The van der Waals surface area contributed by atoms with Crippen LogP contribution >= 0.6 is 0 Å². The number of hydrogen-bond acceptors (Lipinski definition) is 7. The van der Waals surface area contributed by atoms with Crippen LogP contribution in [0.5, 0.6) is 5.75 Å². The van der Waals surface area contributed by atoms with Crippen LogP contribution in [0.4, 0.5) is 0 Å². The normalized spacial score (nSPS) is 14.2. The highest BCUT2D eigenvalue weighted by Gasteiger charge is 2.35. The molecule has 0 aliphatic carbocycles. The Labute approximate surface area is 143 Å². The molecule has 8 heteroatoms. The second-order valence-corrected chi connectivity index (χ2v) is 5.63. The van der Waals surface area contributed by atoms with Gasteiger partial charge in [-0.2, -0.15) is 4.98 Å². The van der Waals surface area contributed by atoms with E-state index < -0.39 is 0 Å². The first-order valence-corrected chi connectivity index (χ1v) is 7.86. The number of ether oxygens (including phenoxy) is 1. The lowest BCUT2D eigenvalue weighted by molar-refractivity contribution is -0.138.